The van der Waals surface area contributed by atoms with Gasteiger partial charge in [-0.25, -0.2) is 0 Å². The van der Waals surface area contributed by atoms with E-state index in [1.54, 1.807) is 0 Å². The van der Waals surface area contributed by atoms with Crippen molar-refractivity contribution in [2.75, 3.05) is 5.75 Å². The van der Waals surface area contributed by atoms with Crippen LogP contribution in [0.1, 0.15) is 5.89 Å². The number of benzene rings is 1. The Morgan fingerprint density at radius 2 is 2.22 bits per heavy atom. The van der Waals surface area contributed by atoms with Crippen molar-refractivity contribution in [1.82, 2.24) is 10.1 Å². The average Bonchev–Trinajstić information content (AvgIpc) is 2.78. The van der Waals surface area contributed by atoms with Gasteiger partial charge in [0.1, 0.15) is 0 Å². The Morgan fingerprint density at radius 3 is 2.94 bits per heavy atom. The molecule has 1 aromatic heterocycles. The van der Waals surface area contributed by atoms with Gasteiger partial charge in [0.2, 0.25) is 11.7 Å². The quantitative estimate of drug-likeness (QED) is 0.909. The van der Waals surface area contributed by atoms with E-state index >= 15 is 0 Å². The fourth-order valence-electron chi connectivity index (χ4n) is 1.29. The van der Waals surface area contributed by atoms with Crippen molar-refractivity contribution >= 4 is 33.7 Å². The van der Waals surface area contributed by atoms with Gasteiger partial charge in [0.15, 0.2) is 0 Å². The third kappa shape index (κ3) is 3.33. The van der Waals surface area contributed by atoms with E-state index in [0.717, 1.165) is 10.0 Å². The molecule has 1 N–H and O–H groups in total. The molecule has 18 heavy (non-hydrogen) atoms. The molecule has 7 heteroatoms. The number of thioether (sulfide) groups is 1. The summed E-state index contributed by atoms with van der Waals surface area (Å²) in [5, 5.41) is 12.4. The molecule has 0 fully saturated rings. The van der Waals surface area contributed by atoms with Crippen LogP contribution in [0, 0.1) is 0 Å². The van der Waals surface area contributed by atoms with Gasteiger partial charge < -0.3 is 9.63 Å². The van der Waals surface area contributed by atoms with E-state index in [1.165, 1.54) is 11.8 Å². The van der Waals surface area contributed by atoms with Crippen molar-refractivity contribution in [3.8, 4) is 11.4 Å². The zero-order chi connectivity index (χ0) is 13.0. The molecule has 2 rings (SSSR count). The smallest absolute Gasteiger partial charge is 0.313 e. The fourth-order valence-corrected chi connectivity index (χ4v) is 2.32. The lowest BCUT2D eigenvalue weighted by atomic mass is 10.2. The summed E-state index contributed by atoms with van der Waals surface area (Å²) in [6.45, 7) is 0. The maximum Gasteiger partial charge on any atom is 0.313 e. The number of carboxylic acid groups (broad SMARTS) is 1. The average molecular weight is 329 g/mol. The Balaban J connectivity index is 2.06. The number of carboxylic acids is 1. The largest absolute Gasteiger partial charge is 0.481 e. The first-order valence-corrected chi connectivity index (χ1v) is 6.98. The van der Waals surface area contributed by atoms with Crippen molar-refractivity contribution in [3.63, 3.8) is 0 Å². The first-order chi connectivity index (χ1) is 8.66. The van der Waals surface area contributed by atoms with Gasteiger partial charge in [-0.3, -0.25) is 4.79 Å². The molecule has 5 nitrogen and oxygen atoms in total. The van der Waals surface area contributed by atoms with Crippen LogP contribution in [0.5, 0.6) is 0 Å². The van der Waals surface area contributed by atoms with Crippen molar-refractivity contribution in [2.24, 2.45) is 0 Å². The van der Waals surface area contributed by atoms with Crippen molar-refractivity contribution < 1.29 is 14.4 Å². The van der Waals surface area contributed by atoms with Gasteiger partial charge in [0.05, 0.1) is 11.5 Å². The van der Waals surface area contributed by atoms with E-state index in [9.17, 15) is 4.79 Å². The van der Waals surface area contributed by atoms with Crippen LogP contribution >= 0.6 is 27.7 Å². The van der Waals surface area contributed by atoms with Gasteiger partial charge in [-0.15, -0.1) is 11.8 Å². The highest BCUT2D eigenvalue weighted by molar-refractivity contribution is 9.10. The van der Waals surface area contributed by atoms with E-state index in [-0.39, 0.29) is 5.75 Å². The maximum absolute atomic E-state index is 10.4. The molecule has 0 atom stereocenters. The standard InChI is InChI=1S/C11H9BrN2O3S/c12-8-4-2-1-3-7(8)11-13-9(17-14-11)5-18-6-10(15)16/h1-4H,5-6H2,(H,15,16). The summed E-state index contributed by atoms with van der Waals surface area (Å²) in [5.74, 6) is 0.474. The van der Waals surface area contributed by atoms with Gasteiger partial charge >= 0.3 is 5.97 Å². The minimum absolute atomic E-state index is 0.0206. The SMILES string of the molecule is O=C(O)CSCc1nc(-c2ccccc2Br)no1. The van der Waals surface area contributed by atoms with Crippen LogP contribution in [-0.4, -0.2) is 27.0 Å². The van der Waals surface area contributed by atoms with Gasteiger partial charge in [-0.2, -0.15) is 4.98 Å². The lowest BCUT2D eigenvalue weighted by Crippen LogP contribution is -1.98. The highest BCUT2D eigenvalue weighted by atomic mass is 79.9. The number of nitrogens with zero attached hydrogens (tertiary/aromatic N) is 2. The fraction of sp³-hybridized carbons (Fsp3) is 0.182. The minimum Gasteiger partial charge on any atom is -0.481 e. The zero-order valence-corrected chi connectivity index (χ0v) is 11.6. The predicted molar refractivity (Wildman–Crippen MR) is 71.2 cm³/mol. The Labute approximate surface area is 116 Å². The molecule has 0 spiro atoms. The third-order valence-electron chi connectivity index (χ3n) is 2.03. The number of aliphatic carboxylic acids is 1. The molecule has 1 aromatic carbocycles. The second-order valence-corrected chi connectivity index (χ2v) is 5.22. The molecule has 0 radical (unpaired) electrons. The monoisotopic (exact) mass is 328 g/mol. The number of halogens is 1. The second-order valence-electron chi connectivity index (χ2n) is 3.38. The Kier molecular flexibility index (Phi) is 4.38. The summed E-state index contributed by atoms with van der Waals surface area (Å²) in [5.41, 5.74) is 0.843. The predicted octanol–water partition coefficient (Wildman–Crippen LogP) is 2.82. The summed E-state index contributed by atoms with van der Waals surface area (Å²) < 4.78 is 5.94. The van der Waals surface area contributed by atoms with E-state index in [0.29, 0.717) is 17.5 Å². The van der Waals surface area contributed by atoms with Crippen LogP contribution < -0.4 is 0 Å². The first-order valence-electron chi connectivity index (χ1n) is 5.04. The van der Waals surface area contributed by atoms with E-state index in [4.69, 9.17) is 9.63 Å². The molecule has 0 saturated carbocycles. The summed E-state index contributed by atoms with van der Waals surface area (Å²) >= 11 is 4.63. The number of hydrogen-bond acceptors (Lipinski definition) is 5. The molecular weight excluding hydrogens is 320 g/mol. The summed E-state index contributed by atoms with van der Waals surface area (Å²) in [6, 6.07) is 7.56. The molecule has 0 aliphatic rings. The number of aromatic nitrogens is 2. The molecule has 0 bridgehead atoms. The van der Waals surface area contributed by atoms with Crippen LogP contribution in [0.4, 0.5) is 0 Å². The van der Waals surface area contributed by atoms with Gasteiger partial charge in [-0.1, -0.05) is 33.2 Å². The highest BCUT2D eigenvalue weighted by Crippen LogP contribution is 2.25. The maximum atomic E-state index is 10.4. The second kappa shape index (κ2) is 6.01. The summed E-state index contributed by atoms with van der Waals surface area (Å²) in [4.78, 5) is 14.6. The van der Waals surface area contributed by atoms with Gasteiger partial charge in [-0.05, 0) is 12.1 Å². The summed E-state index contributed by atoms with van der Waals surface area (Å²) in [7, 11) is 0. The topological polar surface area (TPSA) is 76.2 Å². The zero-order valence-electron chi connectivity index (χ0n) is 9.17. The van der Waals surface area contributed by atoms with Crippen LogP contribution in [0.15, 0.2) is 33.3 Å². The lowest BCUT2D eigenvalue weighted by molar-refractivity contribution is -0.133. The van der Waals surface area contributed by atoms with Crippen LogP contribution in [-0.2, 0) is 10.5 Å². The molecule has 0 aliphatic heterocycles. The molecule has 0 aliphatic carbocycles. The normalized spacial score (nSPS) is 10.5. The molecule has 2 aromatic rings. The number of carbonyl (C=O) groups is 1. The van der Waals surface area contributed by atoms with Gasteiger partial charge in [0.25, 0.3) is 0 Å². The van der Waals surface area contributed by atoms with Crippen molar-refractivity contribution in [1.29, 1.82) is 0 Å². The first kappa shape index (κ1) is 13.1. The molecular formula is C11H9BrN2O3S. The Bertz CT molecular complexity index is 559. The molecule has 94 valence electrons. The summed E-state index contributed by atoms with van der Waals surface area (Å²) in [6.07, 6.45) is 0. The highest BCUT2D eigenvalue weighted by Gasteiger charge is 2.11. The van der Waals surface area contributed by atoms with Crippen LogP contribution in [0.3, 0.4) is 0 Å². The molecule has 0 amide bonds. The molecule has 0 unspecified atom stereocenters. The number of hydrogen-bond donors (Lipinski definition) is 1. The van der Waals surface area contributed by atoms with Gasteiger partial charge in [0, 0.05) is 10.0 Å². The Hall–Kier alpha value is -1.34. The van der Waals surface area contributed by atoms with Crippen LogP contribution in [0.25, 0.3) is 11.4 Å². The minimum atomic E-state index is -0.856. The van der Waals surface area contributed by atoms with Crippen molar-refractivity contribution in [2.45, 2.75) is 5.75 Å². The van der Waals surface area contributed by atoms with E-state index in [2.05, 4.69) is 26.1 Å². The van der Waals surface area contributed by atoms with E-state index in [1.807, 2.05) is 24.3 Å². The molecule has 1 heterocycles. The van der Waals surface area contributed by atoms with Crippen molar-refractivity contribution in [3.05, 3.63) is 34.6 Å². The molecule has 0 saturated heterocycles. The number of rotatable bonds is 5. The van der Waals surface area contributed by atoms with Crippen LogP contribution in [0.2, 0.25) is 0 Å². The third-order valence-corrected chi connectivity index (χ3v) is 3.63. The Morgan fingerprint density at radius 1 is 1.44 bits per heavy atom. The van der Waals surface area contributed by atoms with E-state index < -0.39 is 5.97 Å². The lowest BCUT2D eigenvalue weighted by Gasteiger charge is -1.96.